The fourth-order valence-electron chi connectivity index (χ4n) is 6.97. The lowest BCUT2D eigenvalue weighted by Gasteiger charge is -2.59. The summed E-state index contributed by atoms with van der Waals surface area (Å²) in [5.41, 5.74) is 3.15. The molecule has 2 unspecified atom stereocenters. The van der Waals surface area contributed by atoms with Crippen LogP contribution in [0.5, 0.6) is 0 Å². The smallest absolute Gasteiger partial charge is 0.227 e. The first-order chi connectivity index (χ1) is 11.6. The Morgan fingerprint density at radius 2 is 1.92 bits per heavy atom. The van der Waals surface area contributed by atoms with Gasteiger partial charge < -0.3 is 4.90 Å². The standard InChI is InChI=1S/C22H29NO/c1-22-12-15-9-17(13-22)19(18(10-15)14-22)11-21(24)23-8-4-6-16-5-2-3-7-20(16)23/h2-3,5,7,15,17-19H,4,6,8-14H2,1H3. The lowest BCUT2D eigenvalue weighted by molar-refractivity contribution is -0.127. The summed E-state index contributed by atoms with van der Waals surface area (Å²) in [7, 11) is 0. The van der Waals surface area contributed by atoms with Gasteiger partial charge >= 0.3 is 0 Å². The zero-order valence-electron chi connectivity index (χ0n) is 14.8. The molecule has 6 rings (SSSR count). The van der Waals surface area contributed by atoms with Crippen LogP contribution >= 0.6 is 0 Å². The van der Waals surface area contributed by atoms with Gasteiger partial charge in [0.1, 0.15) is 0 Å². The Balaban J connectivity index is 1.35. The van der Waals surface area contributed by atoms with Crippen molar-refractivity contribution in [3.05, 3.63) is 29.8 Å². The Bertz CT molecular complexity index is 650. The van der Waals surface area contributed by atoms with E-state index in [1.54, 1.807) is 0 Å². The van der Waals surface area contributed by atoms with Crippen molar-refractivity contribution in [2.45, 2.75) is 58.3 Å². The minimum absolute atomic E-state index is 0.393. The molecule has 0 spiro atoms. The van der Waals surface area contributed by atoms with Crippen molar-refractivity contribution < 1.29 is 4.79 Å². The highest BCUT2D eigenvalue weighted by Gasteiger charge is 2.53. The maximum Gasteiger partial charge on any atom is 0.227 e. The number of nitrogens with zero attached hydrogens (tertiary/aromatic N) is 1. The third kappa shape index (κ3) is 2.33. The van der Waals surface area contributed by atoms with E-state index in [1.165, 1.54) is 43.4 Å². The number of amides is 1. The maximum absolute atomic E-state index is 13.2. The van der Waals surface area contributed by atoms with Gasteiger partial charge in [0.15, 0.2) is 0 Å². The lowest BCUT2D eigenvalue weighted by atomic mass is 9.46. The van der Waals surface area contributed by atoms with Crippen molar-refractivity contribution in [3.63, 3.8) is 0 Å². The van der Waals surface area contributed by atoms with Gasteiger partial charge in [-0.1, -0.05) is 25.1 Å². The second kappa shape index (κ2) is 5.34. The molecule has 24 heavy (non-hydrogen) atoms. The number of aryl methyl sites for hydroxylation is 1. The second-order valence-corrected chi connectivity index (χ2v) is 9.43. The second-order valence-electron chi connectivity index (χ2n) is 9.43. The third-order valence-corrected chi connectivity index (χ3v) is 7.60. The van der Waals surface area contributed by atoms with Gasteiger partial charge in [-0.05, 0) is 85.7 Å². The number of rotatable bonds is 2. The molecular weight excluding hydrogens is 294 g/mol. The van der Waals surface area contributed by atoms with Crippen LogP contribution in [-0.4, -0.2) is 12.5 Å². The summed E-state index contributed by atoms with van der Waals surface area (Å²) in [5.74, 6) is 3.67. The average molecular weight is 323 g/mol. The van der Waals surface area contributed by atoms with E-state index in [0.29, 0.717) is 17.2 Å². The summed E-state index contributed by atoms with van der Waals surface area (Å²) < 4.78 is 0. The predicted molar refractivity (Wildman–Crippen MR) is 96.9 cm³/mol. The number of anilines is 1. The number of benzene rings is 1. The first-order valence-corrected chi connectivity index (χ1v) is 10.00. The van der Waals surface area contributed by atoms with Crippen LogP contribution in [0.2, 0.25) is 0 Å². The highest BCUT2D eigenvalue weighted by Crippen LogP contribution is 2.62. The van der Waals surface area contributed by atoms with Crippen molar-refractivity contribution >= 4 is 11.6 Å². The van der Waals surface area contributed by atoms with Crippen molar-refractivity contribution in [3.8, 4) is 0 Å². The summed E-state index contributed by atoms with van der Waals surface area (Å²) >= 11 is 0. The first kappa shape index (κ1) is 15.0. The van der Waals surface area contributed by atoms with Crippen LogP contribution in [0, 0.1) is 29.1 Å². The molecule has 1 aromatic rings. The number of carbonyl (C=O) groups excluding carboxylic acids is 1. The molecule has 0 aromatic heterocycles. The van der Waals surface area contributed by atoms with Crippen LogP contribution < -0.4 is 4.90 Å². The molecule has 0 radical (unpaired) electrons. The number of fused-ring (bicyclic) bond motifs is 1. The number of carbonyl (C=O) groups is 1. The molecule has 1 aliphatic heterocycles. The summed E-state index contributed by atoms with van der Waals surface area (Å²) in [6.07, 6.45) is 10.1. The van der Waals surface area contributed by atoms with E-state index in [1.807, 2.05) is 0 Å². The van der Waals surface area contributed by atoms with Crippen LogP contribution in [0.1, 0.15) is 57.4 Å². The fourth-order valence-corrected chi connectivity index (χ4v) is 6.97. The van der Waals surface area contributed by atoms with Crippen molar-refractivity contribution in [2.75, 3.05) is 11.4 Å². The van der Waals surface area contributed by atoms with E-state index < -0.39 is 0 Å². The van der Waals surface area contributed by atoms with Crippen LogP contribution in [0.15, 0.2) is 24.3 Å². The summed E-state index contributed by atoms with van der Waals surface area (Å²) in [6, 6.07) is 8.52. The van der Waals surface area contributed by atoms with Gasteiger partial charge in [0.2, 0.25) is 5.91 Å². The quantitative estimate of drug-likeness (QED) is 0.764. The van der Waals surface area contributed by atoms with Gasteiger partial charge in [-0.2, -0.15) is 0 Å². The summed E-state index contributed by atoms with van der Waals surface area (Å²) in [6.45, 7) is 3.43. The molecule has 5 aliphatic rings. The third-order valence-electron chi connectivity index (χ3n) is 7.60. The van der Waals surface area contributed by atoms with Gasteiger partial charge in [0.05, 0.1) is 0 Å². The molecule has 0 saturated heterocycles. The van der Waals surface area contributed by atoms with E-state index in [9.17, 15) is 4.79 Å². The van der Waals surface area contributed by atoms with Crippen LogP contribution in [0.3, 0.4) is 0 Å². The molecule has 1 aromatic carbocycles. The Labute approximate surface area is 145 Å². The zero-order chi connectivity index (χ0) is 16.3. The van der Waals surface area contributed by atoms with Gasteiger partial charge in [0.25, 0.3) is 0 Å². The van der Waals surface area contributed by atoms with Crippen molar-refractivity contribution in [1.29, 1.82) is 0 Å². The number of hydrogen-bond acceptors (Lipinski definition) is 1. The van der Waals surface area contributed by atoms with E-state index in [4.69, 9.17) is 0 Å². The SMILES string of the molecule is CC12CC3CC(C1)C(CC(=O)N1CCCc4ccccc41)C(C3)C2. The zero-order valence-corrected chi connectivity index (χ0v) is 14.8. The largest absolute Gasteiger partial charge is 0.312 e. The van der Waals surface area contributed by atoms with Gasteiger partial charge in [-0.25, -0.2) is 0 Å². The van der Waals surface area contributed by atoms with Crippen LogP contribution in [0.4, 0.5) is 5.69 Å². The number of hydrogen-bond donors (Lipinski definition) is 0. The Kier molecular flexibility index (Phi) is 3.34. The summed E-state index contributed by atoms with van der Waals surface area (Å²) in [4.78, 5) is 15.3. The first-order valence-electron chi connectivity index (χ1n) is 10.00. The molecule has 128 valence electrons. The topological polar surface area (TPSA) is 20.3 Å². The highest BCUT2D eigenvalue weighted by molar-refractivity contribution is 5.94. The molecule has 2 heteroatoms. The highest BCUT2D eigenvalue weighted by atomic mass is 16.2. The Morgan fingerprint density at radius 3 is 2.67 bits per heavy atom. The minimum Gasteiger partial charge on any atom is -0.312 e. The predicted octanol–water partition coefficient (Wildman–Crippen LogP) is 4.82. The molecule has 2 nitrogen and oxygen atoms in total. The fraction of sp³-hybridized carbons (Fsp3) is 0.682. The molecule has 4 bridgehead atoms. The molecule has 0 N–H and O–H groups in total. The molecule has 1 amide bonds. The molecule has 1 heterocycles. The summed E-state index contributed by atoms with van der Waals surface area (Å²) in [5, 5.41) is 0. The minimum atomic E-state index is 0.393. The molecule has 4 fully saturated rings. The van der Waals surface area contributed by atoms with Crippen LogP contribution in [-0.2, 0) is 11.2 Å². The Morgan fingerprint density at radius 1 is 1.17 bits per heavy atom. The monoisotopic (exact) mass is 323 g/mol. The molecule has 4 aliphatic carbocycles. The van der Waals surface area contributed by atoms with Gasteiger partial charge in [0, 0.05) is 18.7 Å². The maximum atomic E-state index is 13.2. The number of para-hydroxylation sites is 1. The van der Waals surface area contributed by atoms with Crippen LogP contribution in [0.25, 0.3) is 0 Å². The molecular formula is C22H29NO. The molecule has 2 atom stereocenters. The van der Waals surface area contributed by atoms with E-state index in [2.05, 4.69) is 36.1 Å². The normalized spacial score (nSPS) is 39.8. The average Bonchev–Trinajstić information content (AvgIpc) is 2.56. The van der Waals surface area contributed by atoms with Crippen molar-refractivity contribution in [2.24, 2.45) is 29.1 Å². The van der Waals surface area contributed by atoms with E-state index in [0.717, 1.165) is 43.6 Å². The van der Waals surface area contributed by atoms with Gasteiger partial charge in [-0.15, -0.1) is 0 Å². The molecule has 4 saturated carbocycles. The van der Waals surface area contributed by atoms with E-state index >= 15 is 0 Å². The lowest BCUT2D eigenvalue weighted by Crippen LogP contribution is -2.51. The Hall–Kier alpha value is -1.31. The van der Waals surface area contributed by atoms with Crippen molar-refractivity contribution in [1.82, 2.24) is 0 Å². The van der Waals surface area contributed by atoms with Gasteiger partial charge in [-0.3, -0.25) is 4.79 Å². The van der Waals surface area contributed by atoms with E-state index in [-0.39, 0.29) is 0 Å².